The predicted molar refractivity (Wildman–Crippen MR) is 89.5 cm³/mol. The Morgan fingerprint density at radius 2 is 1.76 bits per heavy atom. The summed E-state index contributed by atoms with van der Waals surface area (Å²) in [7, 11) is 3.28. The second kappa shape index (κ2) is 9.42. The van der Waals surface area contributed by atoms with Crippen molar-refractivity contribution in [1.82, 2.24) is 10.2 Å². The molecular formula is C17H36N2O2. The van der Waals surface area contributed by atoms with Gasteiger partial charge in [-0.2, -0.15) is 0 Å². The number of nitrogens with zero attached hydrogens (tertiary/aromatic N) is 1. The van der Waals surface area contributed by atoms with Gasteiger partial charge in [-0.25, -0.2) is 0 Å². The highest BCUT2D eigenvalue weighted by molar-refractivity contribution is 5.80. The molecule has 0 spiro atoms. The normalized spacial score (nSPS) is 16.3. The van der Waals surface area contributed by atoms with Gasteiger partial charge in [-0.05, 0) is 46.1 Å². The number of likely N-dealkylation sites (N-methyl/N-ethyl adjacent to an activating group) is 1. The Hall–Kier alpha value is -0.610. The molecule has 0 aliphatic rings. The van der Waals surface area contributed by atoms with Crippen LogP contribution in [0.25, 0.3) is 0 Å². The number of hydrogen-bond donors (Lipinski definition) is 1. The summed E-state index contributed by atoms with van der Waals surface area (Å²) >= 11 is 0. The summed E-state index contributed by atoms with van der Waals surface area (Å²) in [4.78, 5) is 14.6. The third-order valence-corrected chi connectivity index (χ3v) is 4.44. The van der Waals surface area contributed by atoms with Crippen LogP contribution < -0.4 is 5.32 Å². The van der Waals surface area contributed by atoms with Crippen molar-refractivity contribution in [3.8, 4) is 0 Å². The number of methoxy groups -OCH3 is 1. The molecule has 2 unspecified atom stereocenters. The van der Waals surface area contributed by atoms with Crippen molar-refractivity contribution in [2.75, 3.05) is 20.7 Å². The van der Waals surface area contributed by atoms with E-state index in [0.29, 0.717) is 18.0 Å². The molecule has 2 atom stereocenters. The molecule has 4 heteroatoms. The number of nitrogens with one attached hydrogen (secondary N) is 1. The van der Waals surface area contributed by atoms with Crippen LogP contribution in [0, 0.1) is 5.92 Å². The Morgan fingerprint density at radius 1 is 1.24 bits per heavy atom. The van der Waals surface area contributed by atoms with Crippen LogP contribution in [0.1, 0.15) is 60.8 Å². The van der Waals surface area contributed by atoms with Gasteiger partial charge in [0.15, 0.2) is 0 Å². The maximum Gasteiger partial charge on any atom is 0.325 e. The van der Waals surface area contributed by atoms with Crippen molar-refractivity contribution in [3.63, 3.8) is 0 Å². The largest absolute Gasteiger partial charge is 0.468 e. The third-order valence-electron chi connectivity index (χ3n) is 4.44. The first-order valence-corrected chi connectivity index (χ1v) is 8.28. The van der Waals surface area contributed by atoms with E-state index in [4.69, 9.17) is 4.74 Å². The van der Waals surface area contributed by atoms with Crippen molar-refractivity contribution >= 4 is 5.97 Å². The quantitative estimate of drug-likeness (QED) is 0.630. The summed E-state index contributed by atoms with van der Waals surface area (Å²) in [6.07, 6.45) is 3.03. The van der Waals surface area contributed by atoms with Gasteiger partial charge >= 0.3 is 5.97 Å². The fraction of sp³-hybridized carbons (Fsp3) is 0.941. The molecule has 0 rings (SSSR count). The van der Waals surface area contributed by atoms with Crippen molar-refractivity contribution in [1.29, 1.82) is 0 Å². The van der Waals surface area contributed by atoms with Gasteiger partial charge in [-0.3, -0.25) is 9.69 Å². The van der Waals surface area contributed by atoms with E-state index in [1.807, 2.05) is 14.0 Å². The van der Waals surface area contributed by atoms with Crippen LogP contribution in [0.4, 0.5) is 0 Å². The molecule has 4 nitrogen and oxygen atoms in total. The summed E-state index contributed by atoms with van der Waals surface area (Å²) in [5, 5.41) is 3.14. The molecule has 21 heavy (non-hydrogen) atoms. The highest BCUT2D eigenvalue weighted by Gasteiger charge is 2.36. The van der Waals surface area contributed by atoms with E-state index in [-0.39, 0.29) is 5.97 Å². The van der Waals surface area contributed by atoms with Gasteiger partial charge in [-0.1, -0.05) is 27.7 Å². The zero-order valence-electron chi connectivity index (χ0n) is 15.3. The van der Waals surface area contributed by atoms with E-state index < -0.39 is 5.54 Å². The first-order chi connectivity index (χ1) is 9.75. The average molecular weight is 300 g/mol. The van der Waals surface area contributed by atoms with E-state index in [2.05, 4.69) is 44.8 Å². The lowest BCUT2D eigenvalue weighted by atomic mass is 9.91. The van der Waals surface area contributed by atoms with Crippen LogP contribution >= 0.6 is 0 Å². The van der Waals surface area contributed by atoms with Crippen LogP contribution in [0.3, 0.4) is 0 Å². The lowest BCUT2D eigenvalue weighted by Gasteiger charge is -2.40. The number of hydrogen-bond acceptors (Lipinski definition) is 4. The Balaban J connectivity index is 5.10. The van der Waals surface area contributed by atoms with E-state index >= 15 is 0 Å². The Bertz CT molecular complexity index is 303. The molecule has 0 aliphatic carbocycles. The van der Waals surface area contributed by atoms with Gasteiger partial charge in [0, 0.05) is 18.6 Å². The van der Waals surface area contributed by atoms with Crippen LogP contribution in [0.2, 0.25) is 0 Å². The molecule has 0 saturated carbocycles. The molecule has 0 amide bonds. The van der Waals surface area contributed by atoms with Gasteiger partial charge in [0.2, 0.25) is 0 Å². The van der Waals surface area contributed by atoms with E-state index in [9.17, 15) is 4.79 Å². The van der Waals surface area contributed by atoms with E-state index in [1.54, 1.807) is 0 Å². The van der Waals surface area contributed by atoms with Crippen molar-refractivity contribution in [2.45, 2.75) is 78.4 Å². The van der Waals surface area contributed by atoms with Crippen LogP contribution in [-0.2, 0) is 9.53 Å². The van der Waals surface area contributed by atoms with E-state index in [0.717, 1.165) is 25.8 Å². The topological polar surface area (TPSA) is 41.6 Å². The molecule has 0 bridgehead atoms. The fourth-order valence-corrected chi connectivity index (χ4v) is 3.09. The number of rotatable bonds is 10. The standard InChI is InChI=1S/C17H36N2O2/c1-9-15(10-2)19(12-13(3)4)14(5)11-17(6,18-7)16(20)21-8/h13-15,18H,9-12H2,1-8H3. The summed E-state index contributed by atoms with van der Waals surface area (Å²) in [5.41, 5.74) is -0.630. The van der Waals surface area contributed by atoms with Gasteiger partial charge in [0.1, 0.15) is 5.54 Å². The maximum absolute atomic E-state index is 12.1. The number of carbonyl (C=O) groups excluding carboxylic acids is 1. The smallest absolute Gasteiger partial charge is 0.325 e. The first kappa shape index (κ1) is 20.4. The number of carbonyl (C=O) groups is 1. The first-order valence-electron chi connectivity index (χ1n) is 8.28. The molecule has 0 fully saturated rings. The molecular weight excluding hydrogens is 264 g/mol. The minimum Gasteiger partial charge on any atom is -0.468 e. The molecule has 0 heterocycles. The molecule has 126 valence electrons. The molecule has 1 N–H and O–H groups in total. The fourth-order valence-electron chi connectivity index (χ4n) is 3.09. The minimum atomic E-state index is -0.630. The van der Waals surface area contributed by atoms with Crippen LogP contribution in [0.5, 0.6) is 0 Å². The van der Waals surface area contributed by atoms with Gasteiger partial charge in [0.05, 0.1) is 7.11 Å². The van der Waals surface area contributed by atoms with Gasteiger partial charge in [-0.15, -0.1) is 0 Å². The summed E-state index contributed by atoms with van der Waals surface area (Å²) in [6.45, 7) is 14.2. The summed E-state index contributed by atoms with van der Waals surface area (Å²) in [6, 6.07) is 0.898. The lowest BCUT2D eigenvalue weighted by molar-refractivity contribution is -0.148. The monoisotopic (exact) mass is 300 g/mol. The Labute approximate surface area is 131 Å². The van der Waals surface area contributed by atoms with Gasteiger partial charge < -0.3 is 10.1 Å². The van der Waals surface area contributed by atoms with Gasteiger partial charge in [0.25, 0.3) is 0 Å². The molecule has 0 aliphatic heterocycles. The maximum atomic E-state index is 12.1. The second-order valence-corrected chi connectivity index (χ2v) is 6.69. The van der Waals surface area contributed by atoms with Crippen molar-refractivity contribution in [2.24, 2.45) is 5.92 Å². The number of esters is 1. The molecule has 0 radical (unpaired) electrons. The Morgan fingerprint density at radius 3 is 2.10 bits per heavy atom. The van der Waals surface area contributed by atoms with Crippen molar-refractivity contribution in [3.05, 3.63) is 0 Å². The SMILES string of the molecule is CCC(CC)N(CC(C)C)C(C)CC(C)(NC)C(=O)OC. The third kappa shape index (κ3) is 5.95. The average Bonchev–Trinajstić information content (AvgIpc) is 2.45. The van der Waals surface area contributed by atoms with Crippen LogP contribution in [0.15, 0.2) is 0 Å². The molecule has 0 aromatic carbocycles. The summed E-state index contributed by atoms with van der Waals surface area (Å²) in [5.74, 6) is 0.429. The predicted octanol–water partition coefficient (Wildman–Crippen LogP) is 3.06. The van der Waals surface area contributed by atoms with E-state index in [1.165, 1.54) is 7.11 Å². The summed E-state index contributed by atoms with van der Waals surface area (Å²) < 4.78 is 4.96. The van der Waals surface area contributed by atoms with Crippen molar-refractivity contribution < 1.29 is 9.53 Å². The van der Waals surface area contributed by atoms with Crippen LogP contribution in [-0.4, -0.2) is 49.2 Å². The Kier molecular flexibility index (Phi) is 9.14. The highest BCUT2D eigenvalue weighted by Crippen LogP contribution is 2.22. The minimum absolute atomic E-state index is 0.189. The molecule has 0 aromatic heterocycles. The molecule has 0 aromatic rings. The zero-order valence-corrected chi connectivity index (χ0v) is 15.3. The molecule has 0 saturated heterocycles. The second-order valence-electron chi connectivity index (χ2n) is 6.69. The zero-order chi connectivity index (χ0) is 16.6. The lowest BCUT2D eigenvalue weighted by Crippen LogP contribution is -2.54. The number of ether oxygens (including phenoxy) is 1. The highest BCUT2D eigenvalue weighted by atomic mass is 16.5.